The molecule has 2 aromatic rings. The van der Waals surface area contributed by atoms with Gasteiger partial charge in [0, 0.05) is 23.1 Å². The van der Waals surface area contributed by atoms with E-state index < -0.39 is 0 Å². The van der Waals surface area contributed by atoms with Gasteiger partial charge in [0.1, 0.15) is 0 Å². The fourth-order valence-electron chi connectivity index (χ4n) is 2.72. The molecule has 1 N–H and O–H groups in total. The maximum Gasteiger partial charge on any atom is 0.322 e. The van der Waals surface area contributed by atoms with Crippen molar-refractivity contribution in [2.75, 3.05) is 23.4 Å². The Hall–Kier alpha value is -1.36. The zero-order chi connectivity index (χ0) is 17.1. The molecule has 0 bridgehead atoms. The van der Waals surface area contributed by atoms with E-state index >= 15 is 0 Å². The number of hydrogen-bond acceptors (Lipinski definition) is 2. The van der Waals surface area contributed by atoms with Crippen molar-refractivity contribution in [2.45, 2.75) is 13.0 Å². The van der Waals surface area contributed by atoms with E-state index in [0.717, 1.165) is 22.6 Å². The molecule has 0 aliphatic carbocycles. The van der Waals surface area contributed by atoms with Crippen LogP contribution in [0.25, 0.3) is 0 Å². The highest BCUT2D eigenvalue weighted by Crippen LogP contribution is 2.31. The third kappa shape index (κ3) is 4.00. The lowest BCUT2D eigenvalue weighted by atomic mass is 10.1. The molecule has 1 fully saturated rings. The monoisotopic (exact) mass is 380 g/mol. The Morgan fingerprint density at radius 2 is 1.96 bits per heavy atom. The number of carbonyl (C=O) groups is 1. The fraction of sp³-hybridized carbons (Fsp3) is 0.278. The van der Waals surface area contributed by atoms with Gasteiger partial charge in [-0.05, 0) is 42.3 Å². The lowest BCUT2D eigenvalue weighted by Crippen LogP contribution is -2.43. The first kappa shape index (κ1) is 17.5. The summed E-state index contributed by atoms with van der Waals surface area (Å²) in [6, 6.07) is 13.2. The van der Waals surface area contributed by atoms with E-state index in [1.807, 2.05) is 66.1 Å². The Bertz CT molecular complexity index is 736. The summed E-state index contributed by atoms with van der Waals surface area (Å²) >= 11 is 14.1. The summed E-state index contributed by atoms with van der Waals surface area (Å²) in [5.41, 5.74) is 2.79. The second kappa shape index (κ2) is 7.68. The van der Waals surface area contributed by atoms with Gasteiger partial charge in [-0.25, -0.2) is 4.79 Å². The van der Waals surface area contributed by atoms with Crippen molar-refractivity contribution in [3.63, 3.8) is 0 Å². The van der Waals surface area contributed by atoms with E-state index in [2.05, 4.69) is 5.32 Å². The highest BCUT2D eigenvalue weighted by molar-refractivity contribution is 7.99. The summed E-state index contributed by atoms with van der Waals surface area (Å²) in [4.78, 5) is 14.6. The molecule has 0 aromatic heterocycles. The molecule has 24 heavy (non-hydrogen) atoms. The fourth-order valence-corrected chi connectivity index (χ4v) is 4.21. The van der Waals surface area contributed by atoms with Crippen molar-refractivity contribution in [3.05, 3.63) is 63.6 Å². The van der Waals surface area contributed by atoms with E-state index in [0.29, 0.717) is 22.3 Å². The molecule has 0 spiro atoms. The minimum absolute atomic E-state index is 0.0326. The Kier molecular flexibility index (Phi) is 5.59. The minimum Gasteiger partial charge on any atom is -0.316 e. The predicted octanol–water partition coefficient (Wildman–Crippen LogP) is 5.62. The van der Waals surface area contributed by atoms with Gasteiger partial charge in [-0.15, -0.1) is 0 Å². The highest BCUT2D eigenvalue weighted by atomic mass is 35.5. The van der Waals surface area contributed by atoms with E-state index in [1.54, 1.807) is 0 Å². The molecule has 1 aliphatic heterocycles. The standard InChI is InChI=1S/C18H18Cl2N2OS/c1-12-2-7-16(15(20)10-12)21-18(23)22-8-9-24-11-17(22)13-3-5-14(19)6-4-13/h2-7,10,17H,8-9,11H2,1H3,(H,21,23). The molecule has 0 saturated carbocycles. The molecule has 3 nitrogen and oxygen atoms in total. The largest absolute Gasteiger partial charge is 0.322 e. The van der Waals surface area contributed by atoms with Gasteiger partial charge in [-0.2, -0.15) is 11.8 Å². The smallest absolute Gasteiger partial charge is 0.316 e. The second-order valence-corrected chi connectivity index (χ2v) is 7.74. The van der Waals surface area contributed by atoms with Gasteiger partial charge in [0.2, 0.25) is 0 Å². The topological polar surface area (TPSA) is 32.3 Å². The molecule has 0 radical (unpaired) electrons. The molecule has 1 atom stereocenters. The van der Waals surface area contributed by atoms with Gasteiger partial charge < -0.3 is 10.2 Å². The number of halogens is 2. The third-order valence-electron chi connectivity index (χ3n) is 4.01. The summed E-state index contributed by atoms with van der Waals surface area (Å²) in [6.45, 7) is 2.67. The van der Waals surface area contributed by atoms with Gasteiger partial charge in [0.15, 0.2) is 0 Å². The van der Waals surface area contributed by atoms with Crippen molar-refractivity contribution in [2.24, 2.45) is 0 Å². The zero-order valence-corrected chi connectivity index (χ0v) is 15.6. The van der Waals surface area contributed by atoms with E-state index in [-0.39, 0.29) is 12.1 Å². The number of rotatable bonds is 2. The number of aryl methyl sites for hydroxylation is 1. The molecule has 1 unspecified atom stereocenters. The number of nitrogens with one attached hydrogen (secondary N) is 1. The van der Waals surface area contributed by atoms with Crippen LogP contribution >= 0.6 is 35.0 Å². The predicted molar refractivity (Wildman–Crippen MR) is 103 cm³/mol. The van der Waals surface area contributed by atoms with Crippen LogP contribution in [0, 0.1) is 6.92 Å². The first-order chi connectivity index (χ1) is 11.5. The molecule has 2 amide bonds. The number of hydrogen-bond donors (Lipinski definition) is 1. The molecule has 6 heteroatoms. The van der Waals surface area contributed by atoms with Gasteiger partial charge in [-0.3, -0.25) is 0 Å². The maximum atomic E-state index is 12.8. The molecule has 2 aromatic carbocycles. The number of carbonyl (C=O) groups excluding carboxylic acids is 1. The first-order valence-electron chi connectivity index (χ1n) is 7.71. The van der Waals surface area contributed by atoms with Crippen molar-refractivity contribution >= 4 is 46.7 Å². The van der Waals surface area contributed by atoms with E-state index in [4.69, 9.17) is 23.2 Å². The molecular weight excluding hydrogens is 363 g/mol. The van der Waals surface area contributed by atoms with Crippen molar-refractivity contribution in [1.29, 1.82) is 0 Å². The summed E-state index contributed by atoms with van der Waals surface area (Å²) in [6.07, 6.45) is 0. The van der Waals surface area contributed by atoms with Crippen LogP contribution in [0.2, 0.25) is 10.0 Å². The van der Waals surface area contributed by atoms with E-state index in [1.165, 1.54) is 0 Å². The van der Waals surface area contributed by atoms with Gasteiger partial charge in [0.05, 0.1) is 16.8 Å². The number of nitrogens with zero attached hydrogens (tertiary/aromatic N) is 1. The lowest BCUT2D eigenvalue weighted by molar-refractivity contribution is 0.196. The first-order valence-corrected chi connectivity index (χ1v) is 9.62. The van der Waals surface area contributed by atoms with Crippen LogP contribution in [0.5, 0.6) is 0 Å². The van der Waals surface area contributed by atoms with Crippen LogP contribution in [0.1, 0.15) is 17.2 Å². The molecular formula is C18H18Cl2N2OS. The summed E-state index contributed by atoms with van der Waals surface area (Å²) < 4.78 is 0. The number of amides is 2. The van der Waals surface area contributed by atoms with Crippen LogP contribution in [-0.4, -0.2) is 29.0 Å². The second-order valence-electron chi connectivity index (χ2n) is 5.75. The number of anilines is 1. The number of benzene rings is 2. The third-order valence-corrected chi connectivity index (χ3v) is 5.60. The van der Waals surface area contributed by atoms with Gasteiger partial charge in [0.25, 0.3) is 0 Å². The van der Waals surface area contributed by atoms with Crippen molar-refractivity contribution in [3.8, 4) is 0 Å². The van der Waals surface area contributed by atoms with Crippen LogP contribution < -0.4 is 5.32 Å². The van der Waals surface area contributed by atoms with Gasteiger partial charge >= 0.3 is 6.03 Å². The SMILES string of the molecule is Cc1ccc(NC(=O)N2CCSCC2c2ccc(Cl)cc2)c(Cl)c1. The maximum absolute atomic E-state index is 12.8. The minimum atomic E-state index is -0.124. The Morgan fingerprint density at radius 1 is 1.21 bits per heavy atom. The van der Waals surface area contributed by atoms with Crippen LogP contribution in [0.4, 0.5) is 10.5 Å². The van der Waals surface area contributed by atoms with Crippen LogP contribution in [-0.2, 0) is 0 Å². The van der Waals surface area contributed by atoms with Crippen molar-refractivity contribution < 1.29 is 4.79 Å². The van der Waals surface area contributed by atoms with Crippen LogP contribution in [0.15, 0.2) is 42.5 Å². The normalized spacial score (nSPS) is 17.6. The molecule has 1 aliphatic rings. The lowest BCUT2D eigenvalue weighted by Gasteiger charge is -2.35. The average molecular weight is 381 g/mol. The number of urea groups is 1. The Labute approximate surface area is 156 Å². The molecule has 3 rings (SSSR count). The quantitative estimate of drug-likeness (QED) is 0.732. The Balaban J connectivity index is 1.79. The van der Waals surface area contributed by atoms with Crippen LogP contribution in [0.3, 0.4) is 0 Å². The molecule has 1 heterocycles. The Morgan fingerprint density at radius 3 is 2.67 bits per heavy atom. The average Bonchev–Trinajstić information content (AvgIpc) is 2.58. The zero-order valence-electron chi connectivity index (χ0n) is 13.3. The summed E-state index contributed by atoms with van der Waals surface area (Å²) in [5.74, 6) is 1.80. The summed E-state index contributed by atoms with van der Waals surface area (Å²) in [7, 11) is 0. The van der Waals surface area contributed by atoms with E-state index in [9.17, 15) is 4.79 Å². The number of thioether (sulfide) groups is 1. The highest BCUT2D eigenvalue weighted by Gasteiger charge is 2.28. The van der Waals surface area contributed by atoms with Gasteiger partial charge in [-0.1, -0.05) is 41.4 Å². The van der Waals surface area contributed by atoms with Crippen molar-refractivity contribution in [1.82, 2.24) is 4.90 Å². The molecule has 126 valence electrons. The summed E-state index contributed by atoms with van der Waals surface area (Å²) in [5, 5.41) is 4.19. The molecule has 1 saturated heterocycles.